The highest BCUT2D eigenvalue weighted by Gasteiger charge is 2.47. The van der Waals surface area contributed by atoms with E-state index in [1.807, 2.05) is 0 Å². The van der Waals surface area contributed by atoms with Crippen molar-refractivity contribution in [2.45, 2.75) is 13.0 Å². The van der Waals surface area contributed by atoms with Crippen LogP contribution in [-0.2, 0) is 9.59 Å². The summed E-state index contributed by atoms with van der Waals surface area (Å²) >= 11 is 6.03. The van der Waals surface area contributed by atoms with Gasteiger partial charge in [0.05, 0.1) is 18.7 Å². The van der Waals surface area contributed by atoms with Crippen molar-refractivity contribution in [3.8, 4) is 5.75 Å². The zero-order valence-corrected chi connectivity index (χ0v) is 18.1. The summed E-state index contributed by atoms with van der Waals surface area (Å²) < 4.78 is 18.7. The van der Waals surface area contributed by atoms with Crippen LogP contribution in [0.5, 0.6) is 5.75 Å². The molecule has 1 unspecified atom stereocenters. The fourth-order valence-corrected chi connectivity index (χ4v) is 3.96. The number of halogens is 2. The van der Waals surface area contributed by atoms with Crippen LogP contribution in [0.2, 0.25) is 5.02 Å². The Bertz CT molecular complexity index is 1240. The molecule has 0 saturated carbocycles. The van der Waals surface area contributed by atoms with Gasteiger partial charge >= 0.3 is 0 Å². The lowest BCUT2D eigenvalue weighted by atomic mass is 9.93. The molecule has 0 radical (unpaired) electrons. The lowest BCUT2D eigenvalue weighted by Crippen LogP contribution is -2.29. The Morgan fingerprint density at radius 3 is 2.28 bits per heavy atom. The number of ketones is 1. The Balaban J connectivity index is 1.94. The molecule has 1 aliphatic heterocycles. The van der Waals surface area contributed by atoms with E-state index in [9.17, 15) is 19.1 Å². The van der Waals surface area contributed by atoms with E-state index in [1.165, 1.54) is 36.3 Å². The Morgan fingerprint density at radius 2 is 1.69 bits per heavy atom. The molecule has 0 aromatic heterocycles. The molecule has 5 nitrogen and oxygen atoms in total. The van der Waals surface area contributed by atoms with Crippen molar-refractivity contribution in [1.82, 2.24) is 0 Å². The molecule has 1 heterocycles. The minimum Gasteiger partial charge on any atom is -0.507 e. The highest BCUT2D eigenvalue weighted by atomic mass is 35.5. The van der Waals surface area contributed by atoms with Gasteiger partial charge in [0.1, 0.15) is 17.3 Å². The standard InChI is InChI=1S/C25H19ClFNO4/c1-14-13-19(32-2)11-12-20(14)23(29)21-22(15-3-5-16(26)6-4-15)28(25(31)24(21)30)18-9-7-17(27)8-10-18/h3-13,22,29H,1-2H3/b23-21-. The minimum absolute atomic E-state index is 0.0603. The van der Waals surface area contributed by atoms with Gasteiger partial charge in [-0.15, -0.1) is 0 Å². The molecule has 1 aliphatic rings. The fraction of sp³-hybridized carbons (Fsp3) is 0.120. The van der Waals surface area contributed by atoms with E-state index in [0.717, 1.165) is 0 Å². The predicted octanol–water partition coefficient (Wildman–Crippen LogP) is 5.42. The van der Waals surface area contributed by atoms with Crippen LogP contribution in [0, 0.1) is 12.7 Å². The number of carbonyl (C=O) groups is 2. The average Bonchev–Trinajstić information content (AvgIpc) is 3.05. The number of aryl methyl sites for hydroxylation is 1. The predicted molar refractivity (Wildman–Crippen MR) is 120 cm³/mol. The molecule has 0 aliphatic carbocycles. The second-order valence-electron chi connectivity index (χ2n) is 7.38. The number of hydrogen-bond acceptors (Lipinski definition) is 4. The van der Waals surface area contributed by atoms with Crippen LogP contribution < -0.4 is 9.64 Å². The summed E-state index contributed by atoms with van der Waals surface area (Å²) in [6.07, 6.45) is 0. The summed E-state index contributed by atoms with van der Waals surface area (Å²) in [5.41, 5.74) is 1.92. The number of Topliss-reactive ketones (excluding diaryl/α,β-unsaturated/α-hetero) is 1. The number of rotatable bonds is 4. The number of anilines is 1. The van der Waals surface area contributed by atoms with Crippen LogP contribution in [0.1, 0.15) is 22.7 Å². The van der Waals surface area contributed by atoms with Crippen LogP contribution in [-0.4, -0.2) is 23.9 Å². The minimum atomic E-state index is -0.917. The van der Waals surface area contributed by atoms with Crippen molar-refractivity contribution >= 4 is 34.7 Å². The summed E-state index contributed by atoms with van der Waals surface area (Å²) in [5, 5.41) is 11.7. The van der Waals surface area contributed by atoms with Crippen molar-refractivity contribution in [2.75, 3.05) is 12.0 Å². The molecule has 4 rings (SSSR count). The molecule has 1 fully saturated rings. The average molecular weight is 452 g/mol. The maximum absolute atomic E-state index is 13.5. The van der Waals surface area contributed by atoms with Crippen LogP contribution in [0.25, 0.3) is 5.76 Å². The van der Waals surface area contributed by atoms with Gasteiger partial charge in [-0.1, -0.05) is 23.7 Å². The van der Waals surface area contributed by atoms with E-state index >= 15 is 0 Å². The number of ether oxygens (including phenoxy) is 1. The normalized spacial score (nSPS) is 17.6. The van der Waals surface area contributed by atoms with Crippen LogP contribution in [0.15, 0.2) is 72.3 Å². The Labute approximate surface area is 189 Å². The summed E-state index contributed by atoms with van der Waals surface area (Å²) in [7, 11) is 1.53. The van der Waals surface area contributed by atoms with Crippen molar-refractivity contribution in [2.24, 2.45) is 0 Å². The molecule has 1 saturated heterocycles. The molecule has 3 aromatic rings. The number of aliphatic hydroxyl groups excluding tert-OH is 1. The molecule has 162 valence electrons. The zero-order valence-electron chi connectivity index (χ0n) is 17.3. The molecular weight excluding hydrogens is 433 g/mol. The van der Waals surface area contributed by atoms with Gasteiger partial charge in [-0.2, -0.15) is 0 Å². The maximum Gasteiger partial charge on any atom is 0.300 e. The third-order valence-corrected chi connectivity index (χ3v) is 5.68. The van der Waals surface area contributed by atoms with Crippen molar-refractivity contribution < 1.29 is 23.8 Å². The Hall–Kier alpha value is -3.64. The SMILES string of the molecule is COc1ccc(/C(O)=C2/C(=O)C(=O)N(c3ccc(F)cc3)C2c2ccc(Cl)cc2)c(C)c1. The van der Waals surface area contributed by atoms with E-state index < -0.39 is 23.5 Å². The summed E-state index contributed by atoms with van der Waals surface area (Å²) in [6, 6.07) is 16.0. The number of nitrogens with zero attached hydrogens (tertiary/aromatic N) is 1. The quantitative estimate of drug-likeness (QED) is 0.326. The van der Waals surface area contributed by atoms with E-state index in [1.54, 1.807) is 49.4 Å². The first-order valence-electron chi connectivity index (χ1n) is 9.79. The molecule has 7 heteroatoms. The van der Waals surface area contributed by atoms with Gasteiger partial charge < -0.3 is 9.84 Å². The molecule has 32 heavy (non-hydrogen) atoms. The topological polar surface area (TPSA) is 66.8 Å². The number of carbonyl (C=O) groups excluding carboxylic acids is 2. The molecule has 1 atom stereocenters. The van der Waals surface area contributed by atoms with Gasteiger partial charge in [0.15, 0.2) is 0 Å². The molecule has 0 spiro atoms. The van der Waals surface area contributed by atoms with Crippen molar-refractivity contribution in [3.63, 3.8) is 0 Å². The van der Waals surface area contributed by atoms with Crippen molar-refractivity contribution in [1.29, 1.82) is 0 Å². The van der Waals surface area contributed by atoms with E-state index in [2.05, 4.69) is 0 Å². The molecule has 1 N–H and O–H groups in total. The maximum atomic E-state index is 13.5. The van der Waals surface area contributed by atoms with Gasteiger partial charge in [-0.3, -0.25) is 14.5 Å². The van der Waals surface area contributed by atoms with Crippen LogP contribution >= 0.6 is 11.6 Å². The fourth-order valence-electron chi connectivity index (χ4n) is 3.83. The molecule has 1 amide bonds. The van der Waals surface area contributed by atoms with Gasteiger partial charge in [-0.05, 0) is 72.6 Å². The number of aliphatic hydroxyl groups is 1. The van der Waals surface area contributed by atoms with Gasteiger partial charge in [0, 0.05) is 16.3 Å². The summed E-state index contributed by atoms with van der Waals surface area (Å²) in [4.78, 5) is 27.4. The molecule has 0 bridgehead atoms. The monoisotopic (exact) mass is 451 g/mol. The zero-order chi connectivity index (χ0) is 23.0. The Kier molecular flexibility index (Phi) is 5.72. The highest BCUT2D eigenvalue weighted by molar-refractivity contribution is 6.51. The summed E-state index contributed by atoms with van der Waals surface area (Å²) in [6.45, 7) is 1.77. The number of benzene rings is 3. The van der Waals surface area contributed by atoms with Crippen LogP contribution in [0.3, 0.4) is 0 Å². The number of hydrogen-bond donors (Lipinski definition) is 1. The lowest BCUT2D eigenvalue weighted by Gasteiger charge is -2.25. The smallest absolute Gasteiger partial charge is 0.300 e. The largest absolute Gasteiger partial charge is 0.507 e. The lowest BCUT2D eigenvalue weighted by molar-refractivity contribution is -0.132. The third kappa shape index (κ3) is 3.74. The Morgan fingerprint density at radius 1 is 1.03 bits per heavy atom. The number of methoxy groups -OCH3 is 1. The molecular formula is C25H19ClFNO4. The highest BCUT2D eigenvalue weighted by Crippen LogP contribution is 2.42. The van der Waals surface area contributed by atoms with Crippen LogP contribution in [0.4, 0.5) is 10.1 Å². The van der Waals surface area contributed by atoms with E-state index in [-0.39, 0.29) is 11.3 Å². The first-order chi connectivity index (χ1) is 15.3. The van der Waals surface area contributed by atoms with Crippen molar-refractivity contribution in [3.05, 3.63) is 99.8 Å². The van der Waals surface area contributed by atoms with E-state index in [0.29, 0.717) is 33.1 Å². The second-order valence-corrected chi connectivity index (χ2v) is 7.81. The van der Waals surface area contributed by atoms with Gasteiger partial charge in [0.25, 0.3) is 11.7 Å². The van der Waals surface area contributed by atoms with Gasteiger partial charge in [0.2, 0.25) is 0 Å². The molecule has 3 aromatic carbocycles. The van der Waals surface area contributed by atoms with E-state index in [4.69, 9.17) is 16.3 Å². The number of amides is 1. The third-order valence-electron chi connectivity index (χ3n) is 5.42. The second kappa shape index (κ2) is 8.48. The first kappa shape index (κ1) is 21.6. The summed E-state index contributed by atoms with van der Waals surface area (Å²) in [5.74, 6) is -1.82. The van der Waals surface area contributed by atoms with Gasteiger partial charge in [-0.25, -0.2) is 4.39 Å². The first-order valence-corrected chi connectivity index (χ1v) is 10.2.